The first-order valence-electron chi connectivity index (χ1n) is 6.53. The minimum atomic E-state index is -2.24. The molecule has 0 bridgehead atoms. The van der Waals surface area contributed by atoms with E-state index in [9.17, 15) is 0 Å². The average Bonchev–Trinajstić information content (AvgIpc) is 2.48. The Balaban J connectivity index is 0.000000541. The van der Waals surface area contributed by atoms with Gasteiger partial charge in [0, 0.05) is 0 Å². The van der Waals surface area contributed by atoms with Gasteiger partial charge in [0.05, 0.1) is 22.8 Å². The van der Waals surface area contributed by atoms with Gasteiger partial charge in [-0.15, -0.1) is 0 Å². The van der Waals surface area contributed by atoms with Crippen molar-refractivity contribution in [3.05, 3.63) is 60.7 Å². The SMILES string of the molecule is CC(=Nc1ccccc1)C(C)=Nc1ccccc1.[Cl][Nd]([Cl])[Cl]. The van der Waals surface area contributed by atoms with Crippen molar-refractivity contribution in [3.63, 3.8) is 0 Å². The summed E-state index contributed by atoms with van der Waals surface area (Å²) in [6.07, 6.45) is 0. The molecule has 0 aliphatic carbocycles. The van der Waals surface area contributed by atoms with Gasteiger partial charge in [-0.3, -0.25) is 9.98 Å². The van der Waals surface area contributed by atoms with E-state index < -0.39 is 29.9 Å². The maximum absolute atomic E-state index is 5.02. The molecule has 2 rings (SSSR count). The molecule has 0 unspecified atom stereocenters. The van der Waals surface area contributed by atoms with E-state index >= 15 is 0 Å². The number of para-hydroxylation sites is 2. The number of hydrogen-bond donors (Lipinski definition) is 0. The minimum absolute atomic E-state index is 0.935. The van der Waals surface area contributed by atoms with Crippen LogP contribution in [0.1, 0.15) is 13.8 Å². The first-order valence-corrected chi connectivity index (χ1v) is 18.6. The van der Waals surface area contributed by atoms with E-state index in [1.165, 1.54) is 0 Å². The van der Waals surface area contributed by atoms with Crippen molar-refractivity contribution in [1.29, 1.82) is 0 Å². The molecule has 0 aliphatic rings. The van der Waals surface area contributed by atoms with Crippen LogP contribution in [0.25, 0.3) is 0 Å². The predicted octanol–water partition coefficient (Wildman–Crippen LogP) is 6.64. The molecule has 0 spiro atoms. The Hall–Kier alpha value is 0.000649. The third-order valence-electron chi connectivity index (χ3n) is 2.63. The molecule has 2 aromatic carbocycles. The van der Waals surface area contributed by atoms with E-state index in [2.05, 4.69) is 9.98 Å². The topological polar surface area (TPSA) is 24.7 Å². The van der Waals surface area contributed by atoms with E-state index in [0.29, 0.717) is 0 Å². The summed E-state index contributed by atoms with van der Waals surface area (Å²) in [5.41, 5.74) is 3.78. The van der Waals surface area contributed by atoms with Crippen LogP contribution in [-0.2, 0) is 0 Å². The quantitative estimate of drug-likeness (QED) is 0.434. The second kappa shape index (κ2) is 11.5. The molecular formula is C16H16Cl3N2Nd. The van der Waals surface area contributed by atoms with Crippen LogP contribution >= 0.6 is 17.4 Å². The van der Waals surface area contributed by atoms with Crippen LogP contribution in [0.5, 0.6) is 0 Å². The van der Waals surface area contributed by atoms with Crippen LogP contribution in [0.4, 0.5) is 11.4 Å². The van der Waals surface area contributed by atoms with E-state index in [1.54, 1.807) is 0 Å². The Morgan fingerprint density at radius 3 is 1.23 bits per heavy atom. The zero-order valence-corrected chi connectivity index (χ0v) is 17.8. The fourth-order valence-electron chi connectivity index (χ4n) is 1.55. The summed E-state index contributed by atoms with van der Waals surface area (Å²) in [4.78, 5) is 9.08. The zero-order chi connectivity index (χ0) is 16.4. The molecule has 6 heteroatoms. The maximum atomic E-state index is 5.02. The Morgan fingerprint density at radius 1 is 0.682 bits per heavy atom. The van der Waals surface area contributed by atoms with Gasteiger partial charge in [-0.25, -0.2) is 0 Å². The van der Waals surface area contributed by atoms with Crippen molar-refractivity contribution in [2.45, 2.75) is 13.8 Å². The van der Waals surface area contributed by atoms with Gasteiger partial charge in [-0.1, -0.05) is 36.4 Å². The van der Waals surface area contributed by atoms with Crippen LogP contribution in [0.2, 0.25) is 0 Å². The second-order valence-electron chi connectivity index (χ2n) is 4.28. The van der Waals surface area contributed by atoms with E-state index in [0.717, 1.165) is 22.8 Å². The van der Waals surface area contributed by atoms with Gasteiger partial charge in [0.2, 0.25) is 0 Å². The molecule has 0 N–H and O–H groups in total. The number of rotatable bonds is 3. The van der Waals surface area contributed by atoms with Crippen molar-refractivity contribution in [2.75, 3.05) is 0 Å². The molecule has 115 valence electrons. The van der Waals surface area contributed by atoms with Crippen molar-refractivity contribution in [1.82, 2.24) is 0 Å². The monoisotopic (exact) mass is 483 g/mol. The molecule has 2 aromatic rings. The van der Waals surface area contributed by atoms with Gasteiger partial charge < -0.3 is 0 Å². The van der Waals surface area contributed by atoms with Crippen LogP contribution in [0.15, 0.2) is 70.6 Å². The zero-order valence-electron chi connectivity index (χ0n) is 12.3. The van der Waals surface area contributed by atoms with Crippen molar-refractivity contribution >= 4 is 40.2 Å². The number of nitrogens with zero attached hydrogens (tertiary/aromatic N) is 2. The molecule has 0 heterocycles. The third kappa shape index (κ3) is 9.21. The molecule has 0 fully saturated rings. The third-order valence-corrected chi connectivity index (χ3v) is 2.63. The van der Waals surface area contributed by atoms with Crippen molar-refractivity contribution < 1.29 is 29.9 Å². The molecule has 0 atom stereocenters. The molecule has 0 aromatic heterocycles. The summed E-state index contributed by atoms with van der Waals surface area (Å²) >= 11 is -2.24. The van der Waals surface area contributed by atoms with E-state index in [4.69, 9.17) is 17.4 Å². The summed E-state index contributed by atoms with van der Waals surface area (Å²) < 4.78 is 0. The Bertz CT molecular complexity index is 558. The molecule has 2 nitrogen and oxygen atoms in total. The summed E-state index contributed by atoms with van der Waals surface area (Å²) in [7, 11) is 0. The van der Waals surface area contributed by atoms with Crippen LogP contribution in [0, 0.1) is 29.9 Å². The Labute approximate surface area is 152 Å². The van der Waals surface area contributed by atoms with Gasteiger partial charge in [0.25, 0.3) is 0 Å². The molecule has 0 amide bonds. The normalized spacial score (nSPS) is 11.5. The fourth-order valence-corrected chi connectivity index (χ4v) is 1.55. The number of hydrogen-bond acceptors (Lipinski definition) is 2. The van der Waals surface area contributed by atoms with Gasteiger partial charge in [0.15, 0.2) is 0 Å². The molecule has 22 heavy (non-hydrogen) atoms. The summed E-state index contributed by atoms with van der Waals surface area (Å²) in [5.74, 6) is 15.1. The first-order chi connectivity index (χ1) is 10.5. The van der Waals surface area contributed by atoms with Gasteiger partial charge in [-0.05, 0) is 38.1 Å². The molecule has 0 saturated carbocycles. The fraction of sp³-hybridized carbons (Fsp3) is 0.125. The summed E-state index contributed by atoms with van der Waals surface area (Å²) in [5, 5.41) is 0. The Morgan fingerprint density at radius 2 is 0.955 bits per heavy atom. The van der Waals surface area contributed by atoms with Crippen LogP contribution in [-0.4, -0.2) is 11.4 Å². The van der Waals surface area contributed by atoms with Gasteiger partial charge in [0.1, 0.15) is 0 Å². The second-order valence-corrected chi connectivity index (χ2v) is 18.4. The van der Waals surface area contributed by atoms with Crippen molar-refractivity contribution in [3.8, 4) is 0 Å². The van der Waals surface area contributed by atoms with Crippen LogP contribution in [0.3, 0.4) is 0 Å². The number of benzene rings is 2. The van der Waals surface area contributed by atoms with Crippen LogP contribution < -0.4 is 0 Å². The summed E-state index contributed by atoms with van der Waals surface area (Å²) in [6, 6.07) is 19.8. The molecule has 0 aliphatic heterocycles. The first kappa shape index (κ1) is 20.0. The number of halogens is 3. The molecule has 0 radical (unpaired) electrons. The molecule has 0 saturated heterocycles. The standard InChI is InChI=1S/C16H16N2.3ClH.Nd/c1-13(17-15-9-5-3-6-10-15)14(2)18-16-11-7-4-8-12-16;;;;/h3-12H,1-2H3;3*1H;/q;;;;+3/p-3. The Kier molecular flexibility index (Phi) is 10.5. The van der Waals surface area contributed by atoms with E-state index in [-0.39, 0.29) is 0 Å². The number of aliphatic imine (C=N–C) groups is 2. The van der Waals surface area contributed by atoms with Gasteiger partial charge >= 0.3 is 47.3 Å². The average molecular weight is 487 g/mol. The van der Waals surface area contributed by atoms with Crippen molar-refractivity contribution in [2.24, 2.45) is 9.98 Å². The van der Waals surface area contributed by atoms with Gasteiger partial charge in [-0.2, -0.15) is 0 Å². The summed E-state index contributed by atoms with van der Waals surface area (Å²) in [6.45, 7) is 3.96. The van der Waals surface area contributed by atoms with E-state index in [1.807, 2.05) is 74.5 Å². The molecular weight excluding hydrogens is 471 g/mol. The predicted molar refractivity (Wildman–Crippen MR) is 96.0 cm³/mol.